The summed E-state index contributed by atoms with van der Waals surface area (Å²) in [6.45, 7) is 7.83. The summed E-state index contributed by atoms with van der Waals surface area (Å²) in [6.07, 6.45) is 11.8. The predicted molar refractivity (Wildman–Crippen MR) is 164 cm³/mol. The van der Waals surface area contributed by atoms with Crippen LogP contribution in [0.4, 0.5) is 0 Å². The molecule has 1 heterocycles. The first-order valence-corrected chi connectivity index (χ1v) is 14.0. The number of hydrogen-bond acceptors (Lipinski definition) is 5. The molecule has 1 aliphatic rings. The normalized spacial score (nSPS) is 19.3. The Hall–Kier alpha value is -3.90. The van der Waals surface area contributed by atoms with Crippen molar-refractivity contribution >= 4 is 0 Å². The third-order valence-corrected chi connectivity index (χ3v) is 6.85. The molecule has 41 heavy (non-hydrogen) atoms. The lowest BCUT2D eigenvalue weighted by molar-refractivity contribution is -0.0697. The lowest BCUT2D eigenvalue weighted by atomic mass is 9.80. The summed E-state index contributed by atoms with van der Waals surface area (Å²) in [6, 6.07) is 25.8. The highest BCUT2D eigenvalue weighted by Gasteiger charge is 2.40. The van der Waals surface area contributed by atoms with E-state index >= 15 is 0 Å². The lowest BCUT2D eigenvalue weighted by Gasteiger charge is -2.37. The Kier molecular flexibility index (Phi) is 11.0. The SMILES string of the molecule is [3H][C@H]1C[C@@H](O)[C@@H](COC(c2ccccc2)(c2ccc(OCC/C=C/C=C)cc2)c2ccc(OCC/C=C/C=C)cc2)O1. The molecular weight excluding hydrogens is 512 g/mol. The van der Waals surface area contributed by atoms with Crippen LogP contribution in [0.15, 0.2) is 128 Å². The van der Waals surface area contributed by atoms with Crippen molar-refractivity contribution in [2.75, 3.05) is 26.4 Å². The van der Waals surface area contributed by atoms with Gasteiger partial charge in [-0.25, -0.2) is 0 Å². The number of ether oxygens (including phenoxy) is 4. The van der Waals surface area contributed by atoms with Crippen LogP contribution in [0.3, 0.4) is 0 Å². The van der Waals surface area contributed by atoms with Gasteiger partial charge in [0.1, 0.15) is 23.2 Å². The fourth-order valence-electron chi connectivity index (χ4n) is 4.75. The number of hydrogen-bond donors (Lipinski definition) is 1. The fourth-order valence-corrected chi connectivity index (χ4v) is 4.75. The van der Waals surface area contributed by atoms with E-state index < -0.39 is 24.4 Å². The van der Waals surface area contributed by atoms with Gasteiger partial charge in [-0.05, 0) is 60.2 Å². The molecule has 0 saturated carbocycles. The number of allylic oxidation sites excluding steroid dienone is 4. The Balaban J connectivity index is 1.67. The molecular formula is C36H40O5. The van der Waals surface area contributed by atoms with E-state index in [9.17, 15) is 5.11 Å². The Morgan fingerprint density at radius 3 is 1.78 bits per heavy atom. The number of aliphatic hydroxyl groups excluding tert-OH is 1. The standard InChI is InChI=1S/C36H40O5/c1-3-5-7-12-25-38-32-20-16-30(17-21-32)36(29-14-10-9-11-15-29,41-28-35-34(37)24-27-40-35)31-18-22-33(23-19-31)39-26-13-8-6-4-2/h3-11,14-23,34-35,37H,1-2,12-13,24-28H2/b7-5+,8-6+/t34-,35-/m1/s1/i27T/t27-,34+,35+/m0. The Morgan fingerprint density at radius 2 is 1.32 bits per heavy atom. The minimum Gasteiger partial charge on any atom is -0.493 e. The van der Waals surface area contributed by atoms with Gasteiger partial charge < -0.3 is 24.1 Å². The second kappa shape index (κ2) is 15.8. The van der Waals surface area contributed by atoms with Crippen molar-refractivity contribution in [3.63, 3.8) is 0 Å². The topological polar surface area (TPSA) is 57.2 Å². The number of benzene rings is 3. The van der Waals surface area contributed by atoms with Gasteiger partial charge in [-0.3, -0.25) is 0 Å². The molecule has 0 aliphatic carbocycles. The summed E-state index contributed by atoms with van der Waals surface area (Å²) in [4.78, 5) is 0. The molecule has 1 N–H and O–H groups in total. The van der Waals surface area contributed by atoms with E-state index in [1.807, 2.05) is 103 Å². The quantitative estimate of drug-likeness (QED) is 0.116. The lowest BCUT2D eigenvalue weighted by Crippen LogP contribution is -2.38. The van der Waals surface area contributed by atoms with Gasteiger partial charge in [0, 0.05) is 6.58 Å². The molecule has 1 saturated heterocycles. The summed E-state index contributed by atoms with van der Waals surface area (Å²) in [5, 5.41) is 10.5. The highest BCUT2D eigenvalue weighted by atomic mass is 16.6. The molecule has 0 bridgehead atoms. The van der Waals surface area contributed by atoms with Gasteiger partial charge in [0.15, 0.2) is 0 Å². The van der Waals surface area contributed by atoms with Gasteiger partial charge in [0.05, 0.1) is 27.3 Å². The molecule has 5 nitrogen and oxygen atoms in total. The molecule has 3 atom stereocenters. The highest BCUT2D eigenvalue weighted by molar-refractivity contribution is 5.49. The number of rotatable bonds is 16. The molecule has 4 rings (SSSR count). The number of aliphatic hydroxyl groups is 1. The summed E-state index contributed by atoms with van der Waals surface area (Å²) >= 11 is 0. The summed E-state index contributed by atoms with van der Waals surface area (Å²) in [5.41, 5.74) is 1.68. The van der Waals surface area contributed by atoms with E-state index in [-0.39, 0.29) is 13.0 Å². The molecule has 5 heteroatoms. The maximum atomic E-state index is 10.5. The van der Waals surface area contributed by atoms with Crippen molar-refractivity contribution in [1.29, 1.82) is 0 Å². The molecule has 1 aliphatic heterocycles. The maximum absolute atomic E-state index is 10.5. The van der Waals surface area contributed by atoms with E-state index in [0.29, 0.717) is 13.2 Å². The zero-order valence-electron chi connectivity index (χ0n) is 24.4. The molecule has 1 fully saturated rings. The molecule has 214 valence electrons. The molecule has 3 aromatic rings. The molecule has 3 aromatic carbocycles. The molecule has 0 unspecified atom stereocenters. The van der Waals surface area contributed by atoms with Crippen LogP contribution in [0, 0.1) is 0 Å². The summed E-state index contributed by atoms with van der Waals surface area (Å²) in [7, 11) is 0. The van der Waals surface area contributed by atoms with Gasteiger partial charge in [0.2, 0.25) is 0 Å². The van der Waals surface area contributed by atoms with E-state index in [1.54, 1.807) is 12.2 Å². The van der Waals surface area contributed by atoms with Crippen LogP contribution in [0.2, 0.25) is 0 Å². The van der Waals surface area contributed by atoms with Crippen LogP contribution in [0.5, 0.6) is 11.5 Å². The van der Waals surface area contributed by atoms with E-state index in [2.05, 4.69) is 13.2 Å². The average Bonchev–Trinajstić information content (AvgIpc) is 3.35. The second-order valence-corrected chi connectivity index (χ2v) is 9.65. The Bertz CT molecular complexity index is 1230. The minimum absolute atomic E-state index is 0.104. The van der Waals surface area contributed by atoms with Crippen LogP contribution in [0.25, 0.3) is 0 Å². The molecule has 0 aromatic heterocycles. The maximum Gasteiger partial charge on any atom is 0.143 e. The van der Waals surface area contributed by atoms with Crippen LogP contribution < -0.4 is 9.47 Å². The van der Waals surface area contributed by atoms with Gasteiger partial charge in [0.25, 0.3) is 0 Å². The zero-order chi connectivity index (χ0) is 29.6. The van der Waals surface area contributed by atoms with Crippen molar-refractivity contribution in [3.05, 3.63) is 145 Å². The third-order valence-electron chi connectivity index (χ3n) is 6.85. The van der Waals surface area contributed by atoms with Crippen molar-refractivity contribution in [2.45, 2.75) is 37.1 Å². The van der Waals surface area contributed by atoms with Crippen LogP contribution in [0.1, 0.15) is 37.3 Å². The van der Waals surface area contributed by atoms with Crippen LogP contribution in [-0.2, 0) is 15.1 Å². The minimum atomic E-state index is -1.03. The first-order valence-electron chi connectivity index (χ1n) is 14.6. The van der Waals surface area contributed by atoms with E-state index in [4.69, 9.17) is 20.3 Å². The molecule has 0 amide bonds. The highest BCUT2D eigenvalue weighted by Crippen LogP contribution is 2.42. The zero-order valence-corrected chi connectivity index (χ0v) is 23.4. The van der Waals surface area contributed by atoms with Crippen LogP contribution >= 0.6 is 0 Å². The van der Waals surface area contributed by atoms with E-state index in [1.165, 1.54) is 0 Å². The third kappa shape index (κ3) is 8.08. The molecule has 0 radical (unpaired) electrons. The second-order valence-electron chi connectivity index (χ2n) is 9.65. The van der Waals surface area contributed by atoms with Gasteiger partial charge in [-0.1, -0.05) is 104 Å². The largest absolute Gasteiger partial charge is 0.493 e. The monoisotopic (exact) mass is 554 g/mol. The predicted octanol–water partition coefficient (Wildman–Crippen LogP) is 7.17. The first-order chi connectivity index (χ1) is 20.6. The van der Waals surface area contributed by atoms with Crippen molar-refractivity contribution < 1.29 is 25.4 Å². The summed E-state index contributed by atoms with van der Waals surface area (Å²) in [5.74, 6) is 1.52. The van der Waals surface area contributed by atoms with Crippen LogP contribution in [-0.4, -0.2) is 43.7 Å². The fraction of sp³-hybridized carbons (Fsp3) is 0.278. The van der Waals surface area contributed by atoms with Gasteiger partial charge in [-0.2, -0.15) is 0 Å². The smallest absolute Gasteiger partial charge is 0.143 e. The van der Waals surface area contributed by atoms with E-state index in [0.717, 1.165) is 41.0 Å². The van der Waals surface area contributed by atoms with Gasteiger partial charge in [-0.15, -0.1) is 0 Å². The average molecular weight is 555 g/mol. The van der Waals surface area contributed by atoms with Crippen molar-refractivity contribution in [1.82, 2.24) is 0 Å². The van der Waals surface area contributed by atoms with Crippen molar-refractivity contribution in [2.24, 2.45) is 0 Å². The molecule has 0 spiro atoms. The summed E-state index contributed by atoms with van der Waals surface area (Å²) < 4.78 is 32.4. The Morgan fingerprint density at radius 1 is 0.805 bits per heavy atom. The first kappa shape index (κ1) is 28.6. The van der Waals surface area contributed by atoms with Gasteiger partial charge >= 0.3 is 0 Å². The van der Waals surface area contributed by atoms with Crippen molar-refractivity contribution in [3.8, 4) is 11.5 Å². The Labute approximate surface area is 245 Å².